The predicted molar refractivity (Wildman–Crippen MR) is 142 cm³/mol. The van der Waals surface area contributed by atoms with E-state index in [0.29, 0.717) is 16.9 Å². The van der Waals surface area contributed by atoms with E-state index in [1.165, 1.54) is 4.68 Å². The first kappa shape index (κ1) is 24.2. The molecule has 4 aromatic rings. The fourth-order valence-corrected chi connectivity index (χ4v) is 4.30. The smallest absolute Gasteiger partial charge is 0.321 e. The highest BCUT2D eigenvalue weighted by atomic mass is 79.9. The zero-order valence-corrected chi connectivity index (χ0v) is 21.4. The van der Waals surface area contributed by atoms with Crippen LogP contribution in [0.2, 0.25) is 0 Å². The van der Waals surface area contributed by atoms with Crippen LogP contribution in [-0.4, -0.2) is 22.4 Å². The number of carbonyl (C=O) groups is 3. The van der Waals surface area contributed by atoms with Crippen molar-refractivity contribution in [3.63, 3.8) is 0 Å². The monoisotopic (exact) mass is 532 g/mol. The molecule has 0 saturated carbocycles. The number of benzene rings is 3. The molecule has 0 spiro atoms. The second-order valence-corrected chi connectivity index (χ2v) is 9.53. The Hall–Kier alpha value is -3.91. The second-order valence-electron chi connectivity index (χ2n) is 8.61. The molecule has 35 heavy (non-hydrogen) atoms. The van der Waals surface area contributed by atoms with Gasteiger partial charge in [0.15, 0.2) is 0 Å². The molecule has 0 fully saturated rings. The summed E-state index contributed by atoms with van der Waals surface area (Å²) in [6, 6.07) is 18.4. The Morgan fingerprint density at radius 1 is 0.743 bits per heavy atom. The summed E-state index contributed by atoms with van der Waals surface area (Å²) in [6.07, 6.45) is 0. The lowest BCUT2D eigenvalue weighted by Crippen LogP contribution is -2.36. The van der Waals surface area contributed by atoms with E-state index in [2.05, 4.69) is 32.0 Å². The van der Waals surface area contributed by atoms with E-state index < -0.39 is 17.7 Å². The molecule has 0 saturated heterocycles. The van der Waals surface area contributed by atoms with Crippen molar-refractivity contribution >= 4 is 55.9 Å². The summed E-state index contributed by atoms with van der Waals surface area (Å²) in [6.45, 7) is 7.65. The van der Waals surface area contributed by atoms with E-state index in [9.17, 15) is 14.4 Å². The number of amides is 3. The average Bonchev–Trinajstić information content (AvgIpc) is 3.12. The van der Waals surface area contributed by atoms with Gasteiger partial charge in [0.25, 0.3) is 5.91 Å². The summed E-state index contributed by atoms with van der Waals surface area (Å²) in [5.74, 6) is -2.15. The van der Waals surface area contributed by atoms with Crippen molar-refractivity contribution in [2.24, 2.45) is 0 Å². The number of anilines is 2. The minimum absolute atomic E-state index is 0.185. The third-order valence-electron chi connectivity index (χ3n) is 5.54. The number of nitrogens with zero attached hydrogens (tertiary/aromatic N) is 1. The van der Waals surface area contributed by atoms with Gasteiger partial charge in [-0.3, -0.25) is 19.8 Å². The van der Waals surface area contributed by atoms with Crippen molar-refractivity contribution in [2.45, 2.75) is 27.7 Å². The van der Waals surface area contributed by atoms with E-state index in [0.717, 1.165) is 32.1 Å². The molecule has 8 heteroatoms. The summed E-state index contributed by atoms with van der Waals surface area (Å²) in [4.78, 5) is 38.8. The number of aromatic nitrogens is 1. The Labute approximate surface area is 211 Å². The van der Waals surface area contributed by atoms with Gasteiger partial charge in [-0.2, -0.15) is 0 Å². The summed E-state index contributed by atoms with van der Waals surface area (Å²) >= 11 is 3.44. The van der Waals surface area contributed by atoms with Crippen molar-refractivity contribution in [3.05, 3.63) is 93.1 Å². The van der Waals surface area contributed by atoms with Gasteiger partial charge in [0.1, 0.15) is 5.69 Å². The molecular weight excluding hydrogens is 508 g/mol. The van der Waals surface area contributed by atoms with E-state index in [4.69, 9.17) is 0 Å². The lowest BCUT2D eigenvalue weighted by molar-refractivity contribution is -0.133. The lowest BCUT2D eigenvalue weighted by atomic mass is 10.1. The molecule has 0 radical (unpaired) electrons. The third-order valence-corrected chi connectivity index (χ3v) is 6.03. The largest absolute Gasteiger partial charge is 0.328 e. The molecule has 0 bridgehead atoms. The molecule has 0 aliphatic rings. The van der Waals surface area contributed by atoms with Crippen LogP contribution in [0, 0.1) is 27.7 Å². The van der Waals surface area contributed by atoms with E-state index >= 15 is 0 Å². The molecule has 1 aromatic heterocycles. The minimum atomic E-state index is -0.897. The highest BCUT2D eigenvalue weighted by Crippen LogP contribution is 2.24. The van der Waals surface area contributed by atoms with Gasteiger partial charge in [0, 0.05) is 21.2 Å². The Morgan fingerprint density at radius 2 is 1.46 bits per heavy atom. The molecule has 7 nitrogen and oxygen atoms in total. The summed E-state index contributed by atoms with van der Waals surface area (Å²) < 4.78 is 2.16. The SMILES string of the molecule is Cc1cc(C)cc(NC(=O)c2cc3cc(Br)ccc3n2NC(=O)C(=O)Nc2cc(C)ccc2C)c1. The topological polar surface area (TPSA) is 92.2 Å². The number of hydrogen-bond donors (Lipinski definition) is 3. The number of aryl methyl sites for hydroxylation is 4. The van der Waals surface area contributed by atoms with Crippen molar-refractivity contribution in [2.75, 3.05) is 16.1 Å². The molecule has 3 aromatic carbocycles. The van der Waals surface area contributed by atoms with Crippen LogP contribution in [0.3, 0.4) is 0 Å². The van der Waals surface area contributed by atoms with Crippen LogP contribution < -0.4 is 16.1 Å². The third kappa shape index (κ3) is 5.44. The van der Waals surface area contributed by atoms with Crippen LogP contribution in [-0.2, 0) is 9.59 Å². The van der Waals surface area contributed by atoms with Crippen LogP contribution in [0.1, 0.15) is 32.7 Å². The van der Waals surface area contributed by atoms with Gasteiger partial charge < -0.3 is 10.6 Å². The van der Waals surface area contributed by atoms with Crippen molar-refractivity contribution in [1.82, 2.24) is 4.68 Å². The van der Waals surface area contributed by atoms with Crippen molar-refractivity contribution < 1.29 is 14.4 Å². The Morgan fingerprint density at radius 3 is 2.17 bits per heavy atom. The summed E-state index contributed by atoms with van der Waals surface area (Å²) in [7, 11) is 0. The number of rotatable bonds is 4. The number of nitrogens with one attached hydrogen (secondary N) is 3. The molecule has 0 unspecified atom stereocenters. The molecule has 0 atom stereocenters. The molecule has 178 valence electrons. The average molecular weight is 533 g/mol. The number of fused-ring (bicyclic) bond motifs is 1. The number of hydrogen-bond acceptors (Lipinski definition) is 3. The van der Waals surface area contributed by atoms with Gasteiger partial charge in [0.05, 0.1) is 5.52 Å². The van der Waals surface area contributed by atoms with Gasteiger partial charge >= 0.3 is 11.8 Å². The predicted octanol–water partition coefficient (Wildman–Crippen LogP) is 5.60. The van der Waals surface area contributed by atoms with E-state index in [1.807, 2.05) is 64.1 Å². The summed E-state index contributed by atoms with van der Waals surface area (Å²) in [5.41, 5.74) is 8.37. The minimum Gasteiger partial charge on any atom is -0.321 e. The zero-order valence-electron chi connectivity index (χ0n) is 19.8. The van der Waals surface area contributed by atoms with Gasteiger partial charge in [-0.25, -0.2) is 4.68 Å². The Kier molecular flexibility index (Phi) is 6.75. The molecule has 4 rings (SSSR count). The van der Waals surface area contributed by atoms with Crippen LogP contribution in [0.5, 0.6) is 0 Å². The first-order valence-electron chi connectivity index (χ1n) is 11.0. The second kappa shape index (κ2) is 9.76. The maximum atomic E-state index is 13.2. The fraction of sp³-hybridized carbons (Fsp3) is 0.148. The van der Waals surface area contributed by atoms with Crippen LogP contribution in [0.25, 0.3) is 10.9 Å². The number of carbonyl (C=O) groups excluding carboxylic acids is 3. The first-order valence-corrected chi connectivity index (χ1v) is 11.8. The van der Waals surface area contributed by atoms with Crippen molar-refractivity contribution in [1.29, 1.82) is 0 Å². The highest BCUT2D eigenvalue weighted by molar-refractivity contribution is 9.10. The zero-order chi connectivity index (χ0) is 25.3. The maximum Gasteiger partial charge on any atom is 0.328 e. The maximum absolute atomic E-state index is 13.2. The fourth-order valence-electron chi connectivity index (χ4n) is 3.92. The number of halogens is 1. The molecule has 3 N–H and O–H groups in total. The Balaban J connectivity index is 1.64. The van der Waals surface area contributed by atoms with Gasteiger partial charge in [-0.1, -0.05) is 34.1 Å². The van der Waals surface area contributed by atoms with Gasteiger partial charge in [-0.05, 0) is 92.4 Å². The van der Waals surface area contributed by atoms with E-state index in [1.54, 1.807) is 24.3 Å². The van der Waals surface area contributed by atoms with Crippen LogP contribution >= 0.6 is 15.9 Å². The summed E-state index contributed by atoms with van der Waals surface area (Å²) in [5, 5.41) is 6.26. The Bertz CT molecular complexity index is 1470. The molecule has 0 aliphatic heterocycles. The van der Waals surface area contributed by atoms with Gasteiger partial charge in [-0.15, -0.1) is 0 Å². The molecular formula is C27H25BrN4O3. The quantitative estimate of drug-likeness (QED) is 0.299. The lowest BCUT2D eigenvalue weighted by Gasteiger charge is -2.14. The van der Waals surface area contributed by atoms with E-state index in [-0.39, 0.29) is 5.69 Å². The standard InChI is InChI=1S/C27H25BrN4O3/c1-15-5-6-18(4)22(12-15)30-26(34)27(35)31-32-23-8-7-20(28)13-19(23)14-24(32)25(33)29-21-10-16(2)9-17(3)11-21/h5-14H,1-4H3,(H,29,33)(H,30,34)(H,31,35). The van der Waals surface area contributed by atoms with Crippen LogP contribution in [0.4, 0.5) is 11.4 Å². The first-order chi connectivity index (χ1) is 16.6. The van der Waals surface area contributed by atoms with Crippen molar-refractivity contribution in [3.8, 4) is 0 Å². The van der Waals surface area contributed by atoms with Gasteiger partial charge in [0.2, 0.25) is 0 Å². The van der Waals surface area contributed by atoms with Crippen LogP contribution in [0.15, 0.2) is 65.1 Å². The molecule has 0 aliphatic carbocycles. The normalized spacial score (nSPS) is 10.8. The molecule has 3 amide bonds. The molecule has 1 heterocycles. The highest BCUT2D eigenvalue weighted by Gasteiger charge is 2.21.